The van der Waals surface area contributed by atoms with Crippen molar-refractivity contribution in [2.24, 2.45) is 5.92 Å². The van der Waals surface area contributed by atoms with E-state index in [0.29, 0.717) is 0 Å². The molecular formula is C14H30N2. The summed E-state index contributed by atoms with van der Waals surface area (Å²) in [5.41, 5.74) is 0. The Kier molecular flexibility index (Phi) is 7.06. The third-order valence-corrected chi connectivity index (χ3v) is 3.97. The van der Waals surface area contributed by atoms with E-state index in [-0.39, 0.29) is 0 Å². The first-order valence-electron chi connectivity index (χ1n) is 7.26. The van der Waals surface area contributed by atoms with Crippen molar-refractivity contribution in [3.05, 3.63) is 0 Å². The molecule has 1 heterocycles. The number of piperidine rings is 1. The van der Waals surface area contributed by atoms with Crippen molar-refractivity contribution in [1.82, 2.24) is 10.2 Å². The maximum absolute atomic E-state index is 3.46. The fraction of sp³-hybridized carbons (Fsp3) is 1.00. The molecule has 1 unspecified atom stereocenters. The second kappa shape index (κ2) is 8.08. The highest BCUT2D eigenvalue weighted by Crippen LogP contribution is 2.18. The van der Waals surface area contributed by atoms with E-state index in [9.17, 15) is 0 Å². The zero-order chi connectivity index (χ0) is 11.8. The lowest BCUT2D eigenvalue weighted by Crippen LogP contribution is -2.41. The van der Waals surface area contributed by atoms with E-state index in [2.05, 4.69) is 31.0 Å². The maximum atomic E-state index is 3.46. The molecule has 1 rings (SSSR count). The lowest BCUT2D eigenvalue weighted by atomic mass is 9.96. The first kappa shape index (κ1) is 14.0. The van der Waals surface area contributed by atoms with E-state index in [1.807, 2.05) is 0 Å². The average molecular weight is 226 g/mol. The van der Waals surface area contributed by atoms with Gasteiger partial charge in [-0.2, -0.15) is 0 Å². The summed E-state index contributed by atoms with van der Waals surface area (Å²) in [6, 6.07) is 0.824. The van der Waals surface area contributed by atoms with E-state index in [0.717, 1.165) is 12.0 Å². The molecule has 0 amide bonds. The quantitative estimate of drug-likeness (QED) is 0.718. The van der Waals surface area contributed by atoms with E-state index in [1.54, 1.807) is 0 Å². The van der Waals surface area contributed by atoms with Crippen molar-refractivity contribution in [3.8, 4) is 0 Å². The van der Waals surface area contributed by atoms with Crippen LogP contribution in [0.4, 0.5) is 0 Å². The van der Waals surface area contributed by atoms with Crippen molar-refractivity contribution in [2.45, 2.75) is 58.9 Å². The van der Waals surface area contributed by atoms with Gasteiger partial charge in [-0.3, -0.25) is 0 Å². The van der Waals surface area contributed by atoms with Crippen LogP contribution in [-0.2, 0) is 0 Å². The van der Waals surface area contributed by atoms with Crippen molar-refractivity contribution in [1.29, 1.82) is 0 Å². The van der Waals surface area contributed by atoms with Gasteiger partial charge in [0, 0.05) is 12.6 Å². The largest absolute Gasteiger partial charge is 0.317 e. The fourth-order valence-corrected chi connectivity index (χ4v) is 2.91. The van der Waals surface area contributed by atoms with Gasteiger partial charge in [0.05, 0.1) is 0 Å². The molecule has 2 nitrogen and oxygen atoms in total. The Morgan fingerprint density at radius 2 is 1.88 bits per heavy atom. The molecule has 0 aliphatic carbocycles. The molecule has 0 aromatic heterocycles. The molecule has 0 aromatic rings. The molecule has 1 aliphatic heterocycles. The maximum Gasteiger partial charge on any atom is 0.00925 e. The molecule has 1 atom stereocenters. The standard InChI is InChI=1S/C14H30N2/c1-4-7-14(5-2)16(6-3)12-13-8-10-15-11-9-13/h13-15H,4-12H2,1-3H3. The predicted octanol–water partition coefficient (Wildman–Crippen LogP) is 2.89. The molecule has 0 spiro atoms. The Balaban J connectivity index is 2.38. The van der Waals surface area contributed by atoms with Gasteiger partial charge in [0.1, 0.15) is 0 Å². The van der Waals surface area contributed by atoms with E-state index in [4.69, 9.17) is 0 Å². The zero-order valence-electron chi connectivity index (χ0n) is 11.5. The van der Waals surface area contributed by atoms with Gasteiger partial charge in [0.2, 0.25) is 0 Å². The van der Waals surface area contributed by atoms with Crippen LogP contribution >= 0.6 is 0 Å². The summed E-state index contributed by atoms with van der Waals surface area (Å²) in [5, 5.41) is 3.46. The van der Waals surface area contributed by atoms with Crippen LogP contribution < -0.4 is 5.32 Å². The summed E-state index contributed by atoms with van der Waals surface area (Å²) in [6.07, 6.45) is 6.75. The molecule has 0 radical (unpaired) electrons. The number of hydrogen-bond donors (Lipinski definition) is 1. The van der Waals surface area contributed by atoms with Crippen molar-refractivity contribution < 1.29 is 0 Å². The number of nitrogens with one attached hydrogen (secondary N) is 1. The summed E-state index contributed by atoms with van der Waals surface area (Å²) < 4.78 is 0. The SMILES string of the molecule is CCCC(CC)N(CC)CC1CCNCC1. The summed E-state index contributed by atoms with van der Waals surface area (Å²) in [7, 11) is 0. The Hall–Kier alpha value is -0.0800. The lowest BCUT2D eigenvalue weighted by Gasteiger charge is -2.34. The van der Waals surface area contributed by atoms with Crippen molar-refractivity contribution in [2.75, 3.05) is 26.2 Å². The monoisotopic (exact) mass is 226 g/mol. The van der Waals surface area contributed by atoms with E-state index < -0.39 is 0 Å². The average Bonchev–Trinajstić information content (AvgIpc) is 2.35. The molecule has 0 bridgehead atoms. The number of rotatable bonds is 7. The minimum atomic E-state index is 0.824. The van der Waals surface area contributed by atoms with Gasteiger partial charge in [0.25, 0.3) is 0 Å². The Morgan fingerprint density at radius 1 is 1.19 bits per heavy atom. The van der Waals surface area contributed by atoms with Crippen LogP contribution in [0.2, 0.25) is 0 Å². The predicted molar refractivity (Wildman–Crippen MR) is 71.8 cm³/mol. The van der Waals surface area contributed by atoms with Crippen molar-refractivity contribution in [3.63, 3.8) is 0 Å². The molecule has 16 heavy (non-hydrogen) atoms. The first-order chi connectivity index (χ1) is 7.81. The first-order valence-corrected chi connectivity index (χ1v) is 7.26. The Morgan fingerprint density at radius 3 is 2.38 bits per heavy atom. The molecule has 1 saturated heterocycles. The highest BCUT2D eigenvalue weighted by molar-refractivity contribution is 4.76. The molecule has 96 valence electrons. The van der Waals surface area contributed by atoms with Gasteiger partial charge < -0.3 is 10.2 Å². The van der Waals surface area contributed by atoms with E-state index >= 15 is 0 Å². The molecule has 0 saturated carbocycles. The molecule has 2 heteroatoms. The fourth-order valence-electron chi connectivity index (χ4n) is 2.91. The van der Waals surface area contributed by atoms with Crippen LogP contribution in [0.25, 0.3) is 0 Å². The second-order valence-electron chi connectivity index (χ2n) is 5.13. The second-order valence-corrected chi connectivity index (χ2v) is 5.13. The topological polar surface area (TPSA) is 15.3 Å². The minimum Gasteiger partial charge on any atom is -0.317 e. The van der Waals surface area contributed by atoms with Crippen LogP contribution in [0.5, 0.6) is 0 Å². The van der Waals surface area contributed by atoms with Gasteiger partial charge >= 0.3 is 0 Å². The molecule has 1 N–H and O–H groups in total. The highest BCUT2D eigenvalue weighted by atomic mass is 15.1. The lowest BCUT2D eigenvalue weighted by molar-refractivity contribution is 0.147. The van der Waals surface area contributed by atoms with Gasteiger partial charge in [-0.15, -0.1) is 0 Å². The van der Waals surface area contributed by atoms with Gasteiger partial charge in [-0.05, 0) is 51.2 Å². The minimum absolute atomic E-state index is 0.824. The molecular weight excluding hydrogens is 196 g/mol. The molecule has 1 fully saturated rings. The van der Waals surface area contributed by atoms with Gasteiger partial charge in [-0.1, -0.05) is 27.2 Å². The molecule has 0 aromatic carbocycles. The molecule has 1 aliphatic rings. The van der Waals surface area contributed by atoms with Crippen LogP contribution in [-0.4, -0.2) is 37.1 Å². The van der Waals surface area contributed by atoms with Crippen LogP contribution in [0.3, 0.4) is 0 Å². The summed E-state index contributed by atoms with van der Waals surface area (Å²) in [6.45, 7) is 12.0. The summed E-state index contributed by atoms with van der Waals surface area (Å²) in [4.78, 5) is 2.72. The number of nitrogens with zero attached hydrogens (tertiary/aromatic N) is 1. The third-order valence-electron chi connectivity index (χ3n) is 3.97. The van der Waals surface area contributed by atoms with Crippen LogP contribution in [0.1, 0.15) is 52.9 Å². The third kappa shape index (κ3) is 4.42. The van der Waals surface area contributed by atoms with Crippen molar-refractivity contribution >= 4 is 0 Å². The van der Waals surface area contributed by atoms with Gasteiger partial charge in [-0.25, -0.2) is 0 Å². The van der Waals surface area contributed by atoms with Crippen LogP contribution in [0, 0.1) is 5.92 Å². The number of hydrogen-bond acceptors (Lipinski definition) is 2. The Bertz CT molecular complexity index is 164. The summed E-state index contributed by atoms with van der Waals surface area (Å²) in [5.74, 6) is 0.937. The summed E-state index contributed by atoms with van der Waals surface area (Å²) >= 11 is 0. The Labute approximate surface area is 102 Å². The van der Waals surface area contributed by atoms with Crippen LogP contribution in [0.15, 0.2) is 0 Å². The normalized spacial score (nSPS) is 20.2. The zero-order valence-corrected chi connectivity index (χ0v) is 11.5. The van der Waals surface area contributed by atoms with E-state index in [1.165, 1.54) is 58.3 Å². The smallest absolute Gasteiger partial charge is 0.00925 e. The van der Waals surface area contributed by atoms with Gasteiger partial charge in [0.15, 0.2) is 0 Å². The highest BCUT2D eigenvalue weighted by Gasteiger charge is 2.20.